The molecule has 18 heavy (non-hydrogen) atoms. The van der Waals surface area contributed by atoms with Gasteiger partial charge in [0.05, 0.1) is 17.6 Å². The summed E-state index contributed by atoms with van der Waals surface area (Å²) in [6.45, 7) is 7.70. The van der Waals surface area contributed by atoms with E-state index in [0.717, 1.165) is 12.8 Å². The minimum absolute atomic E-state index is 0.0755. The Bertz CT molecular complexity index is 326. The van der Waals surface area contributed by atoms with Crippen LogP contribution in [-0.4, -0.2) is 53.7 Å². The van der Waals surface area contributed by atoms with Crippen LogP contribution in [0.2, 0.25) is 0 Å². The lowest BCUT2D eigenvalue weighted by Gasteiger charge is -2.44. The molecule has 0 aliphatic carbocycles. The number of carbonyl (C=O) groups excluding carboxylic acids is 1. The molecule has 2 aliphatic rings. The van der Waals surface area contributed by atoms with Gasteiger partial charge < -0.3 is 14.4 Å². The predicted octanol–water partition coefficient (Wildman–Crippen LogP) is 1.80. The molecule has 5 heteroatoms. The summed E-state index contributed by atoms with van der Waals surface area (Å²) >= 11 is 5.88. The molecule has 2 unspecified atom stereocenters. The maximum atomic E-state index is 12.6. The molecule has 0 radical (unpaired) electrons. The molecule has 1 amide bonds. The van der Waals surface area contributed by atoms with E-state index < -0.39 is 5.60 Å². The summed E-state index contributed by atoms with van der Waals surface area (Å²) in [6.07, 6.45) is 1.66. The summed E-state index contributed by atoms with van der Waals surface area (Å²) in [5, 5.41) is 0. The molecule has 4 nitrogen and oxygen atoms in total. The van der Waals surface area contributed by atoms with Gasteiger partial charge in [0.25, 0.3) is 5.91 Å². The van der Waals surface area contributed by atoms with Crippen molar-refractivity contribution in [2.45, 2.75) is 50.9 Å². The van der Waals surface area contributed by atoms with Crippen LogP contribution in [0.3, 0.4) is 0 Å². The van der Waals surface area contributed by atoms with E-state index in [1.165, 1.54) is 0 Å². The number of alkyl halides is 1. The zero-order chi connectivity index (χ0) is 13.4. The predicted molar refractivity (Wildman–Crippen MR) is 69.8 cm³/mol. The molecular formula is C13H22ClNO3. The van der Waals surface area contributed by atoms with Gasteiger partial charge in [0.15, 0.2) is 0 Å². The SMILES string of the molecule is CC1(C)CN(C(=O)C2(C)CCCO2)CC(CCl)O1. The third-order valence-corrected chi connectivity index (χ3v) is 3.96. The first kappa shape index (κ1) is 14.1. The Morgan fingerprint density at radius 1 is 1.44 bits per heavy atom. The van der Waals surface area contributed by atoms with Crippen LogP contribution in [0.4, 0.5) is 0 Å². The number of morpholine rings is 1. The van der Waals surface area contributed by atoms with Gasteiger partial charge in [-0.05, 0) is 33.6 Å². The van der Waals surface area contributed by atoms with E-state index in [1.807, 2.05) is 25.7 Å². The lowest BCUT2D eigenvalue weighted by molar-refractivity contribution is -0.173. The molecule has 0 N–H and O–H groups in total. The molecule has 2 atom stereocenters. The van der Waals surface area contributed by atoms with Crippen LogP contribution in [0.1, 0.15) is 33.6 Å². The molecule has 2 heterocycles. The van der Waals surface area contributed by atoms with Crippen LogP contribution in [-0.2, 0) is 14.3 Å². The molecule has 0 aromatic heterocycles. The van der Waals surface area contributed by atoms with E-state index in [0.29, 0.717) is 25.6 Å². The van der Waals surface area contributed by atoms with E-state index >= 15 is 0 Å². The number of ether oxygens (including phenoxy) is 2. The molecular weight excluding hydrogens is 254 g/mol. The number of hydrogen-bond acceptors (Lipinski definition) is 3. The Hall–Kier alpha value is -0.320. The Morgan fingerprint density at radius 3 is 2.72 bits per heavy atom. The second-order valence-electron chi connectivity index (χ2n) is 6.02. The molecule has 0 aromatic carbocycles. The van der Waals surface area contributed by atoms with Crippen molar-refractivity contribution in [2.24, 2.45) is 0 Å². The lowest BCUT2D eigenvalue weighted by atomic mass is 9.98. The Kier molecular flexibility index (Phi) is 3.90. The van der Waals surface area contributed by atoms with Crippen molar-refractivity contribution >= 4 is 17.5 Å². The number of carbonyl (C=O) groups is 1. The van der Waals surface area contributed by atoms with Crippen molar-refractivity contribution in [3.05, 3.63) is 0 Å². The zero-order valence-corrected chi connectivity index (χ0v) is 12.1. The van der Waals surface area contributed by atoms with Gasteiger partial charge in [0, 0.05) is 19.7 Å². The molecule has 2 saturated heterocycles. The highest BCUT2D eigenvalue weighted by Crippen LogP contribution is 2.30. The highest BCUT2D eigenvalue weighted by molar-refractivity contribution is 6.18. The molecule has 0 spiro atoms. The third kappa shape index (κ3) is 2.81. The second kappa shape index (κ2) is 4.99. The first-order chi connectivity index (χ1) is 8.36. The number of halogens is 1. The fourth-order valence-corrected chi connectivity index (χ4v) is 2.97. The van der Waals surface area contributed by atoms with Crippen molar-refractivity contribution in [2.75, 3.05) is 25.6 Å². The highest BCUT2D eigenvalue weighted by atomic mass is 35.5. The van der Waals surface area contributed by atoms with Gasteiger partial charge in [-0.15, -0.1) is 11.6 Å². The summed E-state index contributed by atoms with van der Waals surface area (Å²) in [4.78, 5) is 14.4. The number of rotatable bonds is 2. The minimum Gasteiger partial charge on any atom is -0.367 e. The molecule has 0 bridgehead atoms. The van der Waals surface area contributed by atoms with Crippen LogP contribution in [0.25, 0.3) is 0 Å². The smallest absolute Gasteiger partial charge is 0.254 e. The summed E-state index contributed by atoms with van der Waals surface area (Å²) < 4.78 is 11.5. The van der Waals surface area contributed by atoms with Crippen LogP contribution < -0.4 is 0 Å². The number of nitrogens with zero attached hydrogens (tertiary/aromatic N) is 1. The normalized spacial score (nSPS) is 35.8. The summed E-state index contributed by atoms with van der Waals surface area (Å²) in [5.41, 5.74) is -0.993. The molecule has 0 saturated carbocycles. The topological polar surface area (TPSA) is 38.8 Å². The average Bonchev–Trinajstić information content (AvgIpc) is 2.74. The largest absolute Gasteiger partial charge is 0.367 e. The van der Waals surface area contributed by atoms with Crippen molar-refractivity contribution in [1.29, 1.82) is 0 Å². The van der Waals surface area contributed by atoms with Crippen molar-refractivity contribution in [3.8, 4) is 0 Å². The van der Waals surface area contributed by atoms with Gasteiger partial charge in [-0.2, -0.15) is 0 Å². The van der Waals surface area contributed by atoms with Crippen LogP contribution in [0.5, 0.6) is 0 Å². The van der Waals surface area contributed by atoms with E-state index in [1.54, 1.807) is 0 Å². The second-order valence-corrected chi connectivity index (χ2v) is 6.33. The van der Waals surface area contributed by atoms with Gasteiger partial charge in [-0.1, -0.05) is 0 Å². The lowest BCUT2D eigenvalue weighted by Crippen LogP contribution is -2.59. The molecule has 2 fully saturated rings. The van der Waals surface area contributed by atoms with Crippen LogP contribution in [0.15, 0.2) is 0 Å². The fraction of sp³-hybridized carbons (Fsp3) is 0.923. The van der Waals surface area contributed by atoms with Gasteiger partial charge in [-0.3, -0.25) is 4.79 Å². The van der Waals surface area contributed by atoms with Crippen LogP contribution >= 0.6 is 11.6 Å². The van der Waals surface area contributed by atoms with Gasteiger partial charge in [0.1, 0.15) is 5.60 Å². The highest BCUT2D eigenvalue weighted by Gasteiger charge is 2.44. The minimum atomic E-state index is -0.649. The molecule has 0 aromatic rings. The van der Waals surface area contributed by atoms with Crippen LogP contribution in [0, 0.1) is 0 Å². The quantitative estimate of drug-likeness (QED) is 0.722. The summed E-state index contributed by atoms with van der Waals surface area (Å²) in [7, 11) is 0. The van der Waals surface area contributed by atoms with Crippen molar-refractivity contribution in [3.63, 3.8) is 0 Å². The van der Waals surface area contributed by atoms with E-state index in [9.17, 15) is 4.79 Å². The fourth-order valence-electron chi connectivity index (χ4n) is 2.81. The maximum absolute atomic E-state index is 12.6. The Balaban J connectivity index is 2.09. The average molecular weight is 276 g/mol. The number of hydrogen-bond donors (Lipinski definition) is 0. The Labute approximate surface area is 114 Å². The van der Waals surface area contributed by atoms with E-state index in [-0.39, 0.29) is 17.6 Å². The summed E-state index contributed by atoms with van der Waals surface area (Å²) in [6, 6.07) is 0. The maximum Gasteiger partial charge on any atom is 0.254 e. The van der Waals surface area contributed by atoms with Gasteiger partial charge in [-0.25, -0.2) is 0 Å². The molecule has 2 rings (SSSR count). The zero-order valence-electron chi connectivity index (χ0n) is 11.4. The van der Waals surface area contributed by atoms with Crippen molar-refractivity contribution < 1.29 is 14.3 Å². The van der Waals surface area contributed by atoms with Gasteiger partial charge >= 0.3 is 0 Å². The molecule has 104 valence electrons. The van der Waals surface area contributed by atoms with E-state index in [4.69, 9.17) is 21.1 Å². The summed E-state index contributed by atoms with van der Waals surface area (Å²) in [5.74, 6) is 0.483. The molecule has 2 aliphatic heterocycles. The van der Waals surface area contributed by atoms with E-state index in [2.05, 4.69) is 0 Å². The monoisotopic (exact) mass is 275 g/mol. The first-order valence-corrected chi connectivity index (χ1v) is 7.07. The standard InChI is InChI=1S/C13H22ClNO3/c1-12(2)9-15(8-10(7-14)18-12)11(16)13(3)5-4-6-17-13/h10H,4-9H2,1-3H3. The Morgan fingerprint density at radius 2 is 2.17 bits per heavy atom. The van der Waals surface area contributed by atoms with Gasteiger partial charge in [0.2, 0.25) is 0 Å². The number of amides is 1. The first-order valence-electron chi connectivity index (χ1n) is 6.53. The van der Waals surface area contributed by atoms with Crippen molar-refractivity contribution in [1.82, 2.24) is 4.90 Å². The third-order valence-electron chi connectivity index (χ3n) is 3.61.